The molecule has 0 aromatic rings. The van der Waals surface area contributed by atoms with Gasteiger partial charge in [0.15, 0.2) is 0 Å². The molecule has 0 amide bonds. The van der Waals surface area contributed by atoms with Crippen molar-refractivity contribution in [1.82, 2.24) is 5.01 Å². The topological polar surface area (TPSA) is 15.6 Å². The Labute approximate surface area is 54.5 Å². The average molecular weight is 120 g/mol. The molecule has 0 saturated carbocycles. The zero-order valence-electron chi connectivity index (χ0n) is 5.07. The fourth-order valence-electron chi connectivity index (χ4n) is 0.548. The first-order valence-electron chi connectivity index (χ1n) is 2.70. The molecule has 0 aliphatic carbocycles. The summed E-state index contributed by atoms with van der Waals surface area (Å²) in [5, 5.41) is 5.32. The van der Waals surface area contributed by atoms with Crippen molar-refractivity contribution < 1.29 is 0 Å². The summed E-state index contributed by atoms with van der Waals surface area (Å²) in [5.74, 6) is 0. The van der Waals surface area contributed by atoms with E-state index in [1.807, 2.05) is 36.7 Å². The van der Waals surface area contributed by atoms with E-state index >= 15 is 0 Å². The van der Waals surface area contributed by atoms with Crippen molar-refractivity contribution in [2.24, 2.45) is 5.10 Å². The van der Waals surface area contributed by atoms with E-state index in [4.69, 9.17) is 0 Å². The number of hydrogen-bond donors (Lipinski definition) is 0. The van der Waals surface area contributed by atoms with E-state index in [0.717, 1.165) is 0 Å². The lowest BCUT2D eigenvalue weighted by atomic mass is 10.5. The standard InChI is InChI=1S/C7H8N2/c1-8-9-6-4-2-3-5-7-9/h2-7H,1H2. The van der Waals surface area contributed by atoms with Crippen LogP contribution in [0.5, 0.6) is 0 Å². The first-order valence-corrected chi connectivity index (χ1v) is 2.70. The molecule has 0 spiro atoms. The van der Waals surface area contributed by atoms with E-state index in [0.29, 0.717) is 0 Å². The molecule has 0 fully saturated rings. The maximum atomic E-state index is 3.68. The lowest BCUT2D eigenvalue weighted by Crippen LogP contribution is -1.96. The Morgan fingerprint density at radius 2 is 1.56 bits per heavy atom. The molecule has 2 heteroatoms. The quantitative estimate of drug-likeness (QED) is 0.479. The number of allylic oxidation sites excluding steroid dienone is 4. The summed E-state index contributed by atoms with van der Waals surface area (Å²) in [5.41, 5.74) is 0. The molecule has 0 aromatic carbocycles. The predicted octanol–water partition coefficient (Wildman–Crippen LogP) is 1.50. The monoisotopic (exact) mass is 120 g/mol. The molecule has 2 nitrogen and oxygen atoms in total. The average Bonchev–Trinajstić information content (AvgIpc) is 2.13. The molecule has 0 N–H and O–H groups in total. The minimum atomic E-state index is 1.64. The fourth-order valence-corrected chi connectivity index (χ4v) is 0.548. The predicted molar refractivity (Wildman–Crippen MR) is 38.8 cm³/mol. The summed E-state index contributed by atoms with van der Waals surface area (Å²) in [7, 11) is 0. The molecular weight excluding hydrogens is 112 g/mol. The van der Waals surface area contributed by atoms with Crippen LogP contribution in [0, 0.1) is 0 Å². The fraction of sp³-hybridized carbons (Fsp3) is 0. The van der Waals surface area contributed by atoms with Gasteiger partial charge in [-0.05, 0) is 12.2 Å². The molecular formula is C7H8N2. The Kier molecular flexibility index (Phi) is 1.85. The second-order valence-electron chi connectivity index (χ2n) is 1.59. The van der Waals surface area contributed by atoms with Crippen LogP contribution in [-0.2, 0) is 0 Å². The van der Waals surface area contributed by atoms with Crippen molar-refractivity contribution in [2.75, 3.05) is 0 Å². The maximum Gasteiger partial charge on any atom is 0.0283 e. The summed E-state index contributed by atoms with van der Waals surface area (Å²) in [4.78, 5) is 0. The van der Waals surface area contributed by atoms with Crippen LogP contribution >= 0.6 is 0 Å². The van der Waals surface area contributed by atoms with Gasteiger partial charge in [0.1, 0.15) is 0 Å². The molecule has 0 unspecified atom stereocenters. The summed E-state index contributed by atoms with van der Waals surface area (Å²) in [6, 6.07) is 0. The number of hydrazone groups is 1. The largest absolute Gasteiger partial charge is 0.249 e. The van der Waals surface area contributed by atoms with E-state index in [2.05, 4.69) is 11.8 Å². The van der Waals surface area contributed by atoms with E-state index in [9.17, 15) is 0 Å². The summed E-state index contributed by atoms with van der Waals surface area (Å²) >= 11 is 0. The van der Waals surface area contributed by atoms with Crippen molar-refractivity contribution in [3.63, 3.8) is 0 Å². The number of rotatable bonds is 1. The van der Waals surface area contributed by atoms with Gasteiger partial charge in [0, 0.05) is 19.1 Å². The molecule has 0 aromatic heterocycles. The van der Waals surface area contributed by atoms with Gasteiger partial charge in [0.05, 0.1) is 0 Å². The van der Waals surface area contributed by atoms with Gasteiger partial charge >= 0.3 is 0 Å². The van der Waals surface area contributed by atoms with Gasteiger partial charge in [-0.3, -0.25) is 0 Å². The first-order chi connectivity index (χ1) is 4.43. The van der Waals surface area contributed by atoms with Crippen LogP contribution < -0.4 is 0 Å². The molecule has 1 aliphatic heterocycles. The van der Waals surface area contributed by atoms with Crippen LogP contribution in [0.1, 0.15) is 0 Å². The Morgan fingerprint density at radius 1 is 1.00 bits per heavy atom. The molecule has 9 heavy (non-hydrogen) atoms. The molecule has 0 bridgehead atoms. The third-order valence-corrected chi connectivity index (χ3v) is 0.974. The van der Waals surface area contributed by atoms with Crippen LogP contribution in [0.2, 0.25) is 0 Å². The zero-order chi connectivity index (χ0) is 6.53. The van der Waals surface area contributed by atoms with Crippen LogP contribution in [0.3, 0.4) is 0 Å². The highest BCUT2D eigenvalue weighted by atomic mass is 15.4. The van der Waals surface area contributed by atoms with E-state index < -0.39 is 0 Å². The highest BCUT2D eigenvalue weighted by Gasteiger charge is 1.84. The van der Waals surface area contributed by atoms with Crippen molar-refractivity contribution in [2.45, 2.75) is 0 Å². The van der Waals surface area contributed by atoms with Gasteiger partial charge < -0.3 is 0 Å². The van der Waals surface area contributed by atoms with Gasteiger partial charge in [-0.2, -0.15) is 5.10 Å². The SMILES string of the molecule is C=NN1C=CC=CC=C1. The molecule has 46 valence electrons. The van der Waals surface area contributed by atoms with Gasteiger partial charge in [-0.1, -0.05) is 12.2 Å². The van der Waals surface area contributed by atoms with Gasteiger partial charge in [0.2, 0.25) is 0 Å². The van der Waals surface area contributed by atoms with Gasteiger partial charge in [-0.25, -0.2) is 5.01 Å². The Morgan fingerprint density at radius 3 is 2.00 bits per heavy atom. The van der Waals surface area contributed by atoms with Crippen LogP contribution in [0.4, 0.5) is 0 Å². The highest BCUT2D eigenvalue weighted by Crippen LogP contribution is 1.96. The van der Waals surface area contributed by atoms with Crippen molar-refractivity contribution in [3.8, 4) is 0 Å². The van der Waals surface area contributed by atoms with Crippen molar-refractivity contribution >= 4 is 6.72 Å². The minimum absolute atomic E-state index is 1.64. The normalized spacial score (nSPS) is 15.8. The Bertz CT molecular complexity index is 161. The number of nitrogens with zero attached hydrogens (tertiary/aromatic N) is 2. The van der Waals surface area contributed by atoms with Gasteiger partial charge in [-0.15, -0.1) is 0 Å². The lowest BCUT2D eigenvalue weighted by molar-refractivity contribution is 0.552. The first kappa shape index (κ1) is 5.82. The Balaban J connectivity index is 2.69. The third kappa shape index (κ3) is 1.57. The second kappa shape index (κ2) is 2.87. The number of hydrogen-bond acceptors (Lipinski definition) is 2. The van der Waals surface area contributed by atoms with Crippen LogP contribution in [0.25, 0.3) is 0 Å². The molecule has 1 heterocycles. The van der Waals surface area contributed by atoms with Crippen molar-refractivity contribution in [1.29, 1.82) is 0 Å². The van der Waals surface area contributed by atoms with Crippen LogP contribution in [-0.4, -0.2) is 11.7 Å². The Hall–Kier alpha value is -1.31. The second-order valence-corrected chi connectivity index (χ2v) is 1.59. The third-order valence-electron chi connectivity index (χ3n) is 0.974. The molecule has 0 radical (unpaired) electrons. The maximum absolute atomic E-state index is 3.68. The summed E-state index contributed by atoms with van der Waals surface area (Å²) in [6.07, 6.45) is 11.3. The zero-order valence-corrected chi connectivity index (χ0v) is 5.07. The molecule has 1 aliphatic rings. The smallest absolute Gasteiger partial charge is 0.0283 e. The summed E-state index contributed by atoms with van der Waals surface area (Å²) < 4.78 is 0. The van der Waals surface area contributed by atoms with Gasteiger partial charge in [0.25, 0.3) is 0 Å². The lowest BCUT2D eigenvalue weighted by Gasteiger charge is -2.02. The summed E-state index contributed by atoms with van der Waals surface area (Å²) in [6.45, 7) is 3.37. The van der Waals surface area contributed by atoms with E-state index in [1.54, 1.807) is 5.01 Å². The van der Waals surface area contributed by atoms with Crippen molar-refractivity contribution in [3.05, 3.63) is 36.7 Å². The minimum Gasteiger partial charge on any atom is -0.249 e. The van der Waals surface area contributed by atoms with Crippen LogP contribution in [0.15, 0.2) is 41.8 Å². The highest BCUT2D eigenvalue weighted by molar-refractivity contribution is 5.24. The molecule has 1 rings (SSSR count). The molecule has 0 atom stereocenters. The van der Waals surface area contributed by atoms with E-state index in [1.165, 1.54) is 0 Å². The molecule has 0 saturated heterocycles. The van der Waals surface area contributed by atoms with E-state index in [-0.39, 0.29) is 0 Å².